The van der Waals surface area contributed by atoms with Crippen LogP contribution >= 0.6 is 11.6 Å². The van der Waals surface area contributed by atoms with Crippen LogP contribution in [0.4, 0.5) is 10.5 Å². The number of oxime groups is 1. The minimum absolute atomic E-state index is 0.0619. The second-order valence-electron chi connectivity index (χ2n) is 4.18. The van der Waals surface area contributed by atoms with E-state index in [0.717, 1.165) is 0 Å². The summed E-state index contributed by atoms with van der Waals surface area (Å²) in [6.45, 7) is 0. The van der Waals surface area contributed by atoms with Gasteiger partial charge in [0.2, 0.25) is 0 Å². The SMILES string of the molecule is N/C(=N\OC(=O)Oc1ccc([N+](=O)[O-])cc1)c1cccc(Cl)c1. The number of halogens is 1. The zero-order chi connectivity index (χ0) is 16.8. The molecule has 23 heavy (non-hydrogen) atoms. The molecule has 2 aromatic carbocycles. The van der Waals surface area contributed by atoms with Crippen molar-refractivity contribution in [3.8, 4) is 5.75 Å². The van der Waals surface area contributed by atoms with Crippen LogP contribution in [-0.4, -0.2) is 16.9 Å². The number of hydrogen-bond donors (Lipinski definition) is 1. The summed E-state index contributed by atoms with van der Waals surface area (Å²) >= 11 is 5.80. The topological polar surface area (TPSA) is 117 Å². The molecule has 8 nitrogen and oxygen atoms in total. The zero-order valence-corrected chi connectivity index (χ0v) is 12.3. The molecule has 0 radical (unpaired) electrons. The van der Waals surface area contributed by atoms with Gasteiger partial charge in [-0.2, -0.15) is 0 Å². The molecule has 9 heteroatoms. The molecule has 0 atom stereocenters. The van der Waals surface area contributed by atoms with E-state index in [1.165, 1.54) is 24.3 Å². The molecule has 2 N–H and O–H groups in total. The summed E-state index contributed by atoms with van der Waals surface area (Å²) in [7, 11) is 0. The molecule has 0 heterocycles. The van der Waals surface area contributed by atoms with Crippen LogP contribution in [0.5, 0.6) is 5.75 Å². The van der Waals surface area contributed by atoms with E-state index in [1.54, 1.807) is 24.3 Å². The lowest BCUT2D eigenvalue weighted by Crippen LogP contribution is -2.16. The lowest BCUT2D eigenvalue weighted by Gasteiger charge is -2.03. The van der Waals surface area contributed by atoms with Gasteiger partial charge in [0.25, 0.3) is 5.69 Å². The Labute approximate surface area is 135 Å². The highest BCUT2D eigenvalue weighted by Gasteiger charge is 2.10. The maximum absolute atomic E-state index is 11.5. The second-order valence-corrected chi connectivity index (χ2v) is 4.62. The maximum Gasteiger partial charge on any atom is 0.540 e. The monoisotopic (exact) mass is 335 g/mol. The molecule has 0 amide bonds. The summed E-state index contributed by atoms with van der Waals surface area (Å²) < 4.78 is 4.79. The van der Waals surface area contributed by atoms with Gasteiger partial charge in [-0.25, -0.2) is 4.79 Å². The van der Waals surface area contributed by atoms with Gasteiger partial charge in [-0.15, -0.1) is 0 Å². The Morgan fingerprint density at radius 1 is 1.22 bits per heavy atom. The zero-order valence-electron chi connectivity index (χ0n) is 11.5. The average Bonchev–Trinajstić information content (AvgIpc) is 2.53. The fourth-order valence-corrected chi connectivity index (χ4v) is 1.73. The van der Waals surface area contributed by atoms with E-state index in [9.17, 15) is 14.9 Å². The van der Waals surface area contributed by atoms with Crippen LogP contribution in [-0.2, 0) is 4.84 Å². The van der Waals surface area contributed by atoms with E-state index in [-0.39, 0.29) is 17.3 Å². The molecule has 0 unspecified atom stereocenters. The number of nitrogens with two attached hydrogens (primary N) is 1. The lowest BCUT2D eigenvalue weighted by molar-refractivity contribution is -0.384. The molecule has 0 aliphatic heterocycles. The van der Waals surface area contributed by atoms with E-state index in [4.69, 9.17) is 22.1 Å². The molecule has 0 aliphatic carbocycles. The Morgan fingerprint density at radius 3 is 2.52 bits per heavy atom. The summed E-state index contributed by atoms with van der Waals surface area (Å²) in [5.41, 5.74) is 5.98. The van der Waals surface area contributed by atoms with Crippen molar-refractivity contribution in [1.29, 1.82) is 0 Å². The second kappa shape index (κ2) is 7.23. The van der Waals surface area contributed by atoms with Crippen LogP contribution in [0.25, 0.3) is 0 Å². The highest BCUT2D eigenvalue weighted by Crippen LogP contribution is 2.17. The van der Waals surface area contributed by atoms with E-state index >= 15 is 0 Å². The molecule has 2 rings (SSSR count). The molecule has 0 fully saturated rings. The van der Waals surface area contributed by atoms with Crippen LogP contribution in [0.2, 0.25) is 5.02 Å². The Hall–Kier alpha value is -3.13. The predicted molar refractivity (Wildman–Crippen MR) is 82.4 cm³/mol. The number of carbonyl (C=O) groups excluding carboxylic acids is 1. The first-order chi connectivity index (χ1) is 11.0. The van der Waals surface area contributed by atoms with Crippen molar-refractivity contribution in [1.82, 2.24) is 0 Å². The van der Waals surface area contributed by atoms with Crippen LogP contribution < -0.4 is 10.5 Å². The van der Waals surface area contributed by atoms with Crippen molar-refractivity contribution in [3.63, 3.8) is 0 Å². The van der Waals surface area contributed by atoms with Crippen LogP contribution in [0.1, 0.15) is 5.56 Å². The molecule has 118 valence electrons. The lowest BCUT2D eigenvalue weighted by atomic mass is 10.2. The molecule has 0 saturated heterocycles. The van der Waals surface area contributed by atoms with Gasteiger partial charge in [0, 0.05) is 22.7 Å². The number of rotatable bonds is 4. The van der Waals surface area contributed by atoms with Crippen LogP contribution in [0.15, 0.2) is 53.7 Å². The van der Waals surface area contributed by atoms with Crippen LogP contribution in [0, 0.1) is 10.1 Å². The summed E-state index contributed by atoms with van der Waals surface area (Å²) in [5, 5.41) is 14.4. The van der Waals surface area contributed by atoms with Gasteiger partial charge in [-0.3, -0.25) is 15.0 Å². The minimum Gasteiger partial charge on any atom is -0.393 e. The van der Waals surface area contributed by atoms with Crippen molar-refractivity contribution < 1.29 is 19.3 Å². The molecular formula is C14H10ClN3O5. The number of amidine groups is 1. The highest BCUT2D eigenvalue weighted by molar-refractivity contribution is 6.31. The Balaban J connectivity index is 1.96. The number of nitro groups is 1. The largest absolute Gasteiger partial charge is 0.540 e. The number of benzene rings is 2. The highest BCUT2D eigenvalue weighted by atomic mass is 35.5. The maximum atomic E-state index is 11.5. The average molecular weight is 336 g/mol. The third kappa shape index (κ3) is 4.68. The van der Waals surface area contributed by atoms with Gasteiger partial charge in [-0.1, -0.05) is 28.9 Å². The van der Waals surface area contributed by atoms with Gasteiger partial charge in [-0.05, 0) is 24.3 Å². The van der Waals surface area contributed by atoms with E-state index < -0.39 is 11.1 Å². The first-order valence-corrected chi connectivity index (χ1v) is 6.56. The molecule has 0 spiro atoms. The van der Waals surface area contributed by atoms with E-state index in [1.807, 2.05) is 0 Å². The molecule has 2 aromatic rings. The first kappa shape index (κ1) is 16.2. The van der Waals surface area contributed by atoms with Gasteiger partial charge >= 0.3 is 6.16 Å². The Bertz CT molecular complexity index is 761. The number of nitro benzene ring substituents is 1. The Kier molecular flexibility index (Phi) is 5.11. The number of non-ortho nitro benzene ring substituents is 1. The van der Waals surface area contributed by atoms with E-state index in [2.05, 4.69) is 9.99 Å². The summed E-state index contributed by atoms with van der Waals surface area (Å²) in [4.78, 5) is 25.9. The van der Waals surface area contributed by atoms with Crippen molar-refractivity contribution in [2.45, 2.75) is 0 Å². The Morgan fingerprint density at radius 2 is 1.91 bits per heavy atom. The quantitative estimate of drug-likeness (QED) is 0.174. The van der Waals surface area contributed by atoms with Crippen LogP contribution in [0.3, 0.4) is 0 Å². The molecule has 0 bridgehead atoms. The summed E-state index contributed by atoms with van der Waals surface area (Å²) in [5.74, 6) is 0.00489. The minimum atomic E-state index is -1.14. The van der Waals surface area contributed by atoms with Gasteiger partial charge in [0.1, 0.15) is 5.75 Å². The summed E-state index contributed by atoms with van der Waals surface area (Å²) in [6, 6.07) is 11.4. The predicted octanol–water partition coefficient (Wildman–Crippen LogP) is 3.08. The fraction of sp³-hybridized carbons (Fsp3) is 0. The first-order valence-electron chi connectivity index (χ1n) is 6.18. The summed E-state index contributed by atoms with van der Waals surface area (Å²) in [6.07, 6.45) is -1.14. The molecule has 0 saturated carbocycles. The fourth-order valence-electron chi connectivity index (χ4n) is 1.54. The number of ether oxygens (including phenoxy) is 1. The number of nitrogens with zero attached hydrogens (tertiary/aromatic N) is 2. The third-order valence-corrected chi connectivity index (χ3v) is 2.82. The number of hydrogen-bond acceptors (Lipinski definition) is 6. The molecule has 0 aliphatic rings. The van der Waals surface area contributed by atoms with Gasteiger partial charge in [0.05, 0.1) is 4.92 Å². The van der Waals surface area contributed by atoms with E-state index in [0.29, 0.717) is 10.6 Å². The van der Waals surface area contributed by atoms with Gasteiger partial charge < -0.3 is 10.5 Å². The smallest absolute Gasteiger partial charge is 0.393 e. The van der Waals surface area contributed by atoms with Gasteiger partial charge in [0.15, 0.2) is 5.84 Å². The molecule has 0 aromatic heterocycles. The van der Waals surface area contributed by atoms with Crippen molar-refractivity contribution in [2.24, 2.45) is 10.9 Å². The van der Waals surface area contributed by atoms with Crippen molar-refractivity contribution in [2.75, 3.05) is 0 Å². The van der Waals surface area contributed by atoms with Crippen molar-refractivity contribution >= 4 is 29.3 Å². The number of carbonyl (C=O) groups is 1. The standard InChI is InChI=1S/C14H10ClN3O5/c15-10-3-1-2-9(8-10)13(16)17-23-14(19)22-12-6-4-11(5-7-12)18(20)21/h1-8H,(H2,16,17). The normalized spacial score (nSPS) is 10.9. The third-order valence-electron chi connectivity index (χ3n) is 2.59. The van der Waals surface area contributed by atoms with Crippen molar-refractivity contribution in [3.05, 3.63) is 69.2 Å². The molecular weight excluding hydrogens is 326 g/mol.